The average Bonchev–Trinajstić information content (AvgIpc) is 3.36. The molecule has 132 valence electrons. The lowest BCUT2D eigenvalue weighted by molar-refractivity contribution is -0.139. The molecule has 3 heterocycles. The number of fused-ring (bicyclic) bond motifs is 1. The minimum Gasteiger partial charge on any atom is -0.486 e. The summed E-state index contributed by atoms with van der Waals surface area (Å²) in [6.07, 6.45) is 3.09. The summed E-state index contributed by atoms with van der Waals surface area (Å²) in [5.74, 6) is 1.00. The third-order valence-electron chi connectivity index (χ3n) is 3.66. The molecular formula is C19H15NO4S2. The van der Waals surface area contributed by atoms with Crippen molar-refractivity contribution in [3.05, 3.63) is 57.7 Å². The van der Waals surface area contributed by atoms with Crippen LogP contribution >= 0.6 is 22.7 Å². The Hall–Kier alpha value is -2.64. The van der Waals surface area contributed by atoms with Gasteiger partial charge in [0.05, 0.1) is 5.69 Å². The maximum absolute atomic E-state index is 11.9. The molecule has 0 radical (unpaired) electrons. The summed E-state index contributed by atoms with van der Waals surface area (Å²) in [6, 6.07) is 7.56. The van der Waals surface area contributed by atoms with Crippen molar-refractivity contribution in [3.63, 3.8) is 0 Å². The van der Waals surface area contributed by atoms with Gasteiger partial charge in [0.1, 0.15) is 24.8 Å². The Morgan fingerprint density at radius 3 is 2.92 bits per heavy atom. The molecule has 5 nitrogen and oxygen atoms in total. The molecule has 0 spiro atoms. The van der Waals surface area contributed by atoms with E-state index in [4.69, 9.17) is 14.2 Å². The van der Waals surface area contributed by atoms with E-state index in [0.717, 1.165) is 27.6 Å². The Kier molecular flexibility index (Phi) is 4.99. The number of aromatic nitrogens is 1. The molecule has 0 fully saturated rings. The molecule has 26 heavy (non-hydrogen) atoms. The van der Waals surface area contributed by atoms with Gasteiger partial charge in [-0.1, -0.05) is 6.07 Å². The fourth-order valence-electron chi connectivity index (χ4n) is 2.41. The molecule has 3 aromatic rings. The minimum absolute atomic E-state index is 0.158. The highest BCUT2D eigenvalue weighted by atomic mass is 32.1. The molecule has 0 N–H and O–H groups in total. The molecule has 1 aromatic carbocycles. The van der Waals surface area contributed by atoms with Crippen LogP contribution in [0.2, 0.25) is 0 Å². The Morgan fingerprint density at radius 2 is 2.08 bits per heavy atom. The fraction of sp³-hybridized carbons (Fsp3) is 0.158. The van der Waals surface area contributed by atoms with Gasteiger partial charge >= 0.3 is 5.97 Å². The predicted molar refractivity (Wildman–Crippen MR) is 102 cm³/mol. The molecule has 4 rings (SSSR count). The lowest BCUT2D eigenvalue weighted by Gasteiger charge is -2.18. The summed E-state index contributed by atoms with van der Waals surface area (Å²) < 4.78 is 16.3. The van der Waals surface area contributed by atoms with Crippen LogP contribution < -0.4 is 9.47 Å². The van der Waals surface area contributed by atoms with Crippen molar-refractivity contribution in [2.45, 2.75) is 6.61 Å². The van der Waals surface area contributed by atoms with Crippen molar-refractivity contribution in [2.75, 3.05) is 13.2 Å². The van der Waals surface area contributed by atoms with E-state index in [2.05, 4.69) is 4.98 Å². The zero-order valence-electron chi connectivity index (χ0n) is 13.7. The first-order chi connectivity index (χ1) is 12.8. The second-order valence-electron chi connectivity index (χ2n) is 5.50. The first-order valence-corrected chi connectivity index (χ1v) is 9.82. The first-order valence-electron chi connectivity index (χ1n) is 7.99. The van der Waals surface area contributed by atoms with Crippen molar-refractivity contribution < 1.29 is 19.0 Å². The Labute approximate surface area is 158 Å². The zero-order valence-corrected chi connectivity index (χ0v) is 15.3. The van der Waals surface area contributed by atoms with Crippen LogP contribution in [0.15, 0.2) is 46.5 Å². The van der Waals surface area contributed by atoms with E-state index in [-0.39, 0.29) is 6.61 Å². The summed E-state index contributed by atoms with van der Waals surface area (Å²) in [4.78, 5) is 16.4. The second kappa shape index (κ2) is 7.72. The number of esters is 1. The highest BCUT2D eigenvalue weighted by Gasteiger charge is 2.11. The number of ether oxygens (including phenoxy) is 3. The van der Waals surface area contributed by atoms with Crippen LogP contribution in [0, 0.1) is 0 Å². The van der Waals surface area contributed by atoms with Crippen LogP contribution in [-0.2, 0) is 16.1 Å². The van der Waals surface area contributed by atoms with Gasteiger partial charge in [-0.25, -0.2) is 9.78 Å². The van der Waals surface area contributed by atoms with E-state index in [1.807, 2.05) is 40.4 Å². The summed E-state index contributed by atoms with van der Waals surface area (Å²) in [5.41, 5.74) is 2.69. The van der Waals surface area contributed by atoms with E-state index in [1.165, 1.54) is 6.08 Å². The Bertz CT molecular complexity index is 931. The smallest absolute Gasteiger partial charge is 0.331 e. The van der Waals surface area contributed by atoms with Gasteiger partial charge in [-0.2, -0.15) is 11.3 Å². The lowest BCUT2D eigenvalue weighted by atomic mass is 10.2. The molecule has 1 aliphatic rings. The van der Waals surface area contributed by atoms with Gasteiger partial charge in [0, 0.05) is 22.4 Å². The van der Waals surface area contributed by atoms with Crippen molar-refractivity contribution in [1.82, 2.24) is 4.98 Å². The first kappa shape index (κ1) is 16.8. The summed E-state index contributed by atoms with van der Waals surface area (Å²) >= 11 is 3.17. The van der Waals surface area contributed by atoms with Crippen LogP contribution in [0.3, 0.4) is 0 Å². The Morgan fingerprint density at radius 1 is 1.19 bits per heavy atom. The largest absolute Gasteiger partial charge is 0.486 e. The van der Waals surface area contributed by atoms with Crippen LogP contribution in [0.5, 0.6) is 11.5 Å². The number of carbonyl (C=O) groups excluding carboxylic acids is 1. The molecule has 1 aliphatic heterocycles. The van der Waals surface area contributed by atoms with Crippen molar-refractivity contribution in [2.24, 2.45) is 0 Å². The van der Waals surface area contributed by atoms with Crippen LogP contribution in [0.1, 0.15) is 11.3 Å². The molecule has 0 bridgehead atoms. The van der Waals surface area contributed by atoms with Crippen molar-refractivity contribution >= 4 is 34.7 Å². The third-order valence-corrected chi connectivity index (χ3v) is 5.28. The SMILES string of the molecule is O=C(/C=C/c1ccc2c(c1)OCCO2)OCc1csc(-c2ccsc2)n1. The van der Waals surface area contributed by atoms with Gasteiger partial charge in [-0.3, -0.25) is 0 Å². The zero-order chi connectivity index (χ0) is 17.8. The van der Waals surface area contributed by atoms with Gasteiger partial charge < -0.3 is 14.2 Å². The topological polar surface area (TPSA) is 57.7 Å². The molecule has 0 unspecified atom stereocenters. The molecule has 0 amide bonds. The van der Waals surface area contributed by atoms with E-state index in [9.17, 15) is 4.79 Å². The minimum atomic E-state index is -0.412. The maximum atomic E-state index is 11.9. The van der Waals surface area contributed by atoms with E-state index in [0.29, 0.717) is 19.0 Å². The molecule has 7 heteroatoms. The fourth-order valence-corrected chi connectivity index (χ4v) is 3.93. The average molecular weight is 385 g/mol. The number of benzene rings is 1. The molecule has 0 saturated heterocycles. The van der Waals surface area contributed by atoms with Gasteiger partial charge in [-0.15, -0.1) is 11.3 Å². The van der Waals surface area contributed by atoms with Gasteiger partial charge in [0.2, 0.25) is 0 Å². The molecule has 0 atom stereocenters. The quantitative estimate of drug-likeness (QED) is 0.481. The monoisotopic (exact) mass is 385 g/mol. The predicted octanol–water partition coefficient (Wildman–Crippen LogP) is 4.40. The molecule has 0 aliphatic carbocycles. The summed E-state index contributed by atoms with van der Waals surface area (Å²) in [6.45, 7) is 1.24. The molecule has 2 aromatic heterocycles. The molecular weight excluding hydrogens is 370 g/mol. The number of nitrogens with zero attached hydrogens (tertiary/aromatic N) is 1. The maximum Gasteiger partial charge on any atom is 0.331 e. The van der Waals surface area contributed by atoms with Gasteiger partial charge in [0.25, 0.3) is 0 Å². The van der Waals surface area contributed by atoms with E-state index < -0.39 is 5.97 Å². The van der Waals surface area contributed by atoms with Crippen LogP contribution in [0.4, 0.5) is 0 Å². The highest BCUT2D eigenvalue weighted by Crippen LogP contribution is 2.31. The van der Waals surface area contributed by atoms with Crippen LogP contribution in [0.25, 0.3) is 16.6 Å². The normalized spacial score (nSPS) is 13.1. The van der Waals surface area contributed by atoms with Crippen molar-refractivity contribution in [1.29, 1.82) is 0 Å². The van der Waals surface area contributed by atoms with Gasteiger partial charge in [0.15, 0.2) is 11.5 Å². The Balaban J connectivity index is 1.33. The summed E-state index contributed by atoms with van der Waals surface area (Å²) in [5, 5.41) is 6.90. The third kappa shape index (κ3) is 3.95. The van der Waals surface area contributed by atoms with Crippen molar-refractivity contribution in [3.8, 4) is 22.1 Å². The molecule has 0 saturated carbocycles. The summed E-state index contributed by atoms with van der Waals surface area (Å²) in [7, 11) is 0. The number of hydrogen-bond donors (Lipinski definition) is 0. The van der Waals surface area contributed by atoms with E-state index in [1.54, 1.807) is 28.7 Å². The number of rotatable bonds is 5. The van der Waals surface area contributed by atoms with Gasteiger partial charge in [-0.05, 0) is 35.2 Å². The number of carbonyl (C=O) groups is 1. The number of thiazole rings is 1. The number of hydrogen-bond acceptors (Lipinski definition) is 7. The second-order valence-corrected chi connectivity index (χ2v) is 7.14. The number of thiophene rings is 1. The highest BCUT2D eigenvalue weighted by molar-refractivity contribution is 7.14. The van der Waals surface area contributed by atoms with Crippen LogP contribution in [-0.4, -0.2) is 24.2 Å². The van der Waals surface area contributed by atoms with E-state index >= 15 is 0 Å². The standard InChI is InChI=1S/C19H15NO4S2/c21-18(4-2-13-1-3-16-17(9-13)23-7-6-22-16)24-10-15-12-26-19(20-15)14-5-8-25-11-14/h1-5,8-9,11-12H,6-7,10H2/b4-2+. The lowest BCUT2D eigenvalue weighted by Crippen LogP contribution is -2.15.